The van der Waals surface area contributed by atoms with Gasteiger partial charge in [0.25, 0.3) is 0 Å². The Balaban J connectivity index is 1.63. The summed E-state index contributed by atoms with van der Waals surface area (Å²) in [6, 6.07) is 1.16. The zero-order valence-corrected chi connectivity index (χ0v) is 13.3. The quantitative estimate of drug-likeness (QED) is 0.830. The second kappa shape index (κ2) is 5.94. The van der Waals surface area contributed by atoms with E-state index in [4.69, 9.17) is 0 Å². The summed E-state index contributed by atoms with van der Waals surface area (Å²) in [5.74, 6) is 1.97. The third-order valence-corrected chi connectivity index (χ3v) is 5.99. The maximum Gasteiger partial charge on any atom is 0.0613 e. The fourth-order valence-electron chi connectivity index (χ4n) is 5.15. The van der Waals surface area contributed by atoms with Crippen LogP contribution < -0.4 is 5.32 Å². The minimum atomic E-state index is -0.0191. The van der Waals surface area contributed by atoms with Crippen molar-refractivity contribution in [3.63, 3.8) is 0 Å². The van der Waals surface area contributed by atoms with Gasteiger partial charge in [0, 0.05) is 30.7 Å². The van der Waals surface area contributed by atoms with Crippen LogP contribution in [-0.4, -0.2) is 47.3 Å². The fourth-order valence-corrected chi connectivity index (χ4v) is 5.15. The van der Waals surface area contributed by atoms with Gasteiger partial charge in [-0.1, -0.05) is 20.3 Å². The minimum Gasteiger partial charge on any atom is -0.394 e. The zero-order valence-electron chi connectivity index (χ0n) is 13.3. The van der Waals surface area contributed by atoms with E-state index in [-0.39, 0.29) is 5.54 Å². The predicted octanol–water partition coefficient (Wildman–Crippen LogP) is 2.39. The van der Waals surface area contributed by atoms with Crippen molar-refractivity contribution in [1.82, 2.24) is 10.2 Å². The molecule has 3 nitrogen and oxygen atoms in total. The van der Waals surface area contributed by atoms with E-state index in [1.54, 1.807) is 0 Å². The molecule has 0 bridgehead atoms. The highest BCUT2D eigenvalue weighted by molar-refractivity contribution is 5.00. The Morgan fingerprint density at radius 2 is 1.85 bits per heavy atom. The number of fused-ring (bicyclic) bond motifs is 1. The summed E-state index contributed by atoms with van der Waals surface area (Å²) < 4.78 is 0. The Labute approximate surface area is 124 Å². The lowest BCUT2D eigenvalue weighted by atomic mass is 9.78. The highest BCUT2D eigenvalue weighted by Crippen LogP contribution is 2.41. The van der Waals surface area contributed by atoms with Gasteiger partial charge in [0.05, 0.1) is 6.61 Å². The lowest BCUT2D eigenvalue weighted by molar-refractivity contribution is 0.0603. The van der Waals surface area contributed by atoms with Crippen LogP contribution in [0.15, 0.2) is 0 Å². The average Bonchev–Trinajstić information content (AvgIpc) is 2.99. The van der Waals surface area contributed by atoms with Gasteiger partial charge in [-0.2, -0.15) is 0 Å². The topological polar surface area (TPSA) is 35.5 Å². The molecule has 20 heavy (non-hydrogen) atoms. The maximum absolute atomic E-state index is 9.93. The maximum atomic E-state index is 9.93. The lowest BCUT2D eigenvalue weighted by Gasteiger charge is -2.44. The monoisotopic (exact) mass is 280 g/mol. The molecule has 3 fully saturated rings. The Morgan fingerprint density at radius 1 is 1.15 bits per heavy atom. The third kappa shape index (κ3) is 2.90. The minimum absolute atomic E-state index is 0.0191. The number of hydrogen-bond acceptors (Lipinski definition) is 3. The van der Waals surface area contributed by atoms with Crippen molar-refractivity contribution in [2.45, 2.75) is 76.4 Å². The number of likely N-dealkylation sites (tertiary alicyclic amines) is 1. The fraction of sp³-hybridized carbons (Fsp3) is 1.00. The summed E-state index contributed by atoms with van der Waals surface area (Å²) in [6.45, 7) is 7.35. The molecule has 2 N–H and O–H groups in total. The van der Waals surface area contributed by atoms with E-state index in [2.05, 4.69) is 24.1 Å². The lowest BCUT2D eigenvalue weighted by Crippen LogP contribution is -2.57. The van der Waals surface area contributed by atoms with Gasteiger partial charge in [-0.3, -0.25) is 4.90 Å². The molecule has 1 heterocycles. The smallest absolute Gasteiger partial charge is 0.0613 e. The van der Waals surface area contributed by atoms with Gasteiger partial charge in [-0.05, 0) is 50.4 Å². The van der Waals surface area contributed by atoms with Gasteiger partial charge in [0.2, 0.25) is 0 Å². The predicted molar refractivity (Wildman–Crippen MR) is 82.7 cm³/mol. The number of aliphatic hydroxyl groups excluding tert-OH is 1. The van der Waals surface area contributed by atoms with Crippen molar-refractivity contribution in [2.24, 2.45) is 11.8 Å². The van der Waals surface area contributed by atoms with Crippen LogP contribution in [0.5, 0.6) is 0 Å². The normalized spacial score (nSPS) is 42.3. The van der Waals surface area contributed by atoms with Crippen molar-refractivity contribution < 1.29 is 5.11 Å². The summed E-state index contributed by atoms with van der Waals surface area (Å²) in [5, 5.41) is 13.6. The first-order chi connectivity index (χ1) is 9.62. The molecule has 3 heteroatoms. The molecule has 2 aliphatic carbocycles. The summed E-state index contributed by atoms with van der Waals surface area (Å²) in [4.78, 5) is 2.76. The van der Waals surface area contributed by atoms with E-state index >= 15 is 0 Å². The SMILES string of the molecule is CC(C)NC1(CO)CCCC(N2CC3CCCC3C2)C1. The number of hydrogen-bond donors (Lipinski definition) is 2. The van der Waals surface area contributed by atoms with Gasteiger partial charge >= 0.3 is 0 Å². The molecule has 3 rings (SSSR count). The molecule has 0 radical (unpaired) electrons. The first-order valence-corrected chi connectivity index (χ1v) is 8.74. The van der Waals surface area contributed by atoms with Crippen LogP contribution in [-0.2, 0) is 0 Å². The van der Waals surface area contributed by atoms with Gasteiger partial charge < -0.3 is 10.4 Å². The molecular formula is C17H32N2O. The standard InChI is InChI=1S/C17H32N2O/c1-13(2)18-17(12-20)8-4-7-16(9-17)19-10-14-5-3-6-15(14)11-19/h13-16,18,20H,3-12H2,1-2H3. The van der Waals surface area contributed by atoms with Gasteiger partial charge in [0.1, 0.15) is 0 Å². The molecule has 116 valence electrons. The van der Waals surface area contributed by atoms with E-state index in [1.807, 2.05) is 0 Å². The number of rotatable bonds is 4. The summed E-state index contributed by atoms with van der Waals surface area (Å²) >= 11 is 0. The second-order valence-corrected chi connectivity index (χ2v) is 7.89. The molecule has 0 aromatic carbocycles. The third-order valence-electron chi connectivity index (χ3n) is 5.99. The molecule has 0 amide bonds. The van der Waals surface area contributed by atoms with Crippen molar-refractivity contribution in [3.05, 3.63) is 0 Å². The van der Waals surface area contributed by atoms with Crippen LogP contribution in [0.25, 0.3) is 0 Å². The molecule has 2 saturated carbocycles. The molecule has 1 aliphatic heterocycles. The van der Waals surface area contributed by atoms with Crippen LogP contribution in [0.4, 0.5) is 0 Å². The highest BCUT2D eigenvalue weighted by atomic mass is 16.3. The molecule has 1 saturated heterocycles. The second-order valence-electron chi connectivity index (χ2n) is 7.89. The Bertz CT molecular complexity index is 321. The van der Waals surface area contributed by atoms with Crippen molar-refractivity contribution in [2.75, 3.05) is 19.7 Å². The van der Waals surface area contributed by atoms with Gasteiger partial charge in [-0.15, -0.1) is 0 Å². The molecule has 0 spiro atoms. The van der Waals surface area contributed by atoms with Crippen LogP contribution in [0.1, 0.15) is 58.8 Å². The van der Waals surface area contributed by atoms with Crippen LogP contribution in [0.2, 0.25) is 0 Å². The molecule has 4 atom stereocenters. The summed E-state index contributed by atoms with van der Waals surface area (Å²) in [6.07, 6.45) is 9.26. The average molecular weight is 280 g/mol. The molecule has 4 unspecified atom stereocenters. The van der Waals surface area contributed by atoms with Crippen LogP contribution >= 0.6 is 0 Å². The number of nitrogens with one attached hydrogen (secondary N) is 1. The summed E-state index contributed by atoms with van der Waals surface area (Å²) in [5.41, 5.74) is -0.0191. The van der Waals surface area contributed by atoms with E-state index in [0.717, 1.165) is 24.7 Å². The largest absolute Gasteiger partial charge is 0.394 e. The number of nitrogens with zero attached hydrogens (tertiary/aromatic N) is 1. The molecular weight excluding hydrogens is 248 g/mol. The molecule has 0 aromatic heterocycles. The van der Waals surface area contributed by atoms with Gasteiger partial charge in [-0.25, -0.2) is 0 Å². The van der Waals surface area contributed by atoms with Crippen LogP contribution in [0, 0.1) is 11.8 Å². The Morgan fingerprint density at radius 3 is 2.45 bits per heavy atom. The van der Waals surface area contributed by atoms with E-state index in [1.165, 1.54) is 45.2 Å². The zero-order chi connectivity index (χ0) is 14.2. The van der Waals surface area contributed by atoms with E-state index in [9.17, 15) is 5.11 Å². The highest BCUT2D eigenvalue weighted by Gasteiger charge is 2.43. The molecule has 0 aromatic rings. The molecule has 3 aliphatic rings. The van der Waals surface area contributed by atoms with E-state index < -0.39 is 0 Å². The van der Waals surface area contributed by atoms with E-state index in [0.29, 0.717) is 18.7 Å². The Hall–Kier alpha value is -0.120. The van der Waals surface area contributed by atoms with Crippen LogP contribution in [0.3, 0.4) is 0 Å². The summed E-state index contributed by atoms with van der Waals surface area (Å²) in [7, 11) is 0. The Kier molecular flexibility index (Phi) is 4.40. The van der Waals surface area contributed by atoms with Crippen molar-refractivity contribution in [3.8, 4) is 0 Å². The number of aliphatic hydroxyl groups is 1. The first kappa shape index (κ1) is 14.8. The van der Waals surface area contributed by atoms with Crippen molar-refractivity contribution >= 4 is 0 Å². The van der Waals surface area contributed by atoms with Crippen molar-refractivity contribution in [1.29, 1.82) is 0 Å². The first-order valence-electron chi connectivity index (χ1n) is 8.74. The van der Waals surface area contributed by atoms with Gasteiger partial charge in [0.15, 0.2) is 0 Å².